The molecule has 0 radical (unpaired) electrons. The maximum Gasteiger partial charge on any atom is 0.404 e. The number of rotatable bonds is 14. The van der Waals surface area contributed by atoms with Gasteiger partial charge < -0.3 is 36.6 Å². The van der Waals surface area contributed by atoms with Crippen LogP contribution < -0.4 is 0 Å². The number of carbonyl (C=O) groups excluding carboxylic acids is 3. The quantitative estimate of drug-likeness (QED) is 0.182. The van der Waals surface area contributed by atoms with Crippen LogP contribution in [0.25, 0.3) is 0 Å². The highest BCUT2D eigenvalue weighted by molar-refractivity contribution is 7.78. The van der Waals surface area contributed by atoms with Crippen LogP contribution in [-0.2, 0) is 51.0 Å². The predicted molar refractivity (Wildman–Crippen MR) is 115 cm³/mol. The molecular formula is C15H30N3O11P3. The van der Waals surface area contributed by atoms with Crippen molar-refractivity contribution in [2.45, 2.75) is 33.1 Å². The Balaban J connectivity index is 3.21. The number of hydrogen-bond acceptors (Lipinski definition) is 14. The van der Waals surface area contributed by atoms with Crippen LogP contribution in [0.2, 0.25) is 0 Å². The molecule has 2 unspecified atom stereocenters. The monoisotopic (exact) mass is 521 g/mol. The lowest BCUT2D eigenvalue weighted by atomic mass is 10.3. The van der Waals surface area contributed by atoms with E-state index in [2.05, 4.69) is 13.5 Å². The van der Waals surface area contributed by atoms with E-state index in [9.17, 15) is 14.4 Å². The molecule has 0 aromatic carbocycles. The molecule has 32 heavy (non-hydrogen) atoms. The lowest BCUT2D eigenvalue weighted by Crippen LogP contribution is -2.11. The third-order valence-electron chi connectivity index (χ3n) is 3.50. The second-order valence-electron chi connectivity index (χ2n) is 5.83. The molecule has 0 saturated carbocycles. The van der Waals surface area contributed by atoms with Crippen LogP contribution in [0.3, 0.4) is 0 Å². The zero-order valence-corrected chi connectivity index (χ0v) is 21.6. The van der Waals surface area contributed by atoms with E-state index in [0.29, 0.717) is 6.42 Å². The molecule has 0 aromatic heterocycles. The maximum absolute atomic E-state index is 12.4. The van der Waals surface area contributed by atoms with E-state index in [0.717, 1.165) is 0 Å². The van der Waals surface area contributed by atoms with Crippen molar-refractivity contribution in [2.24, 2.45) is 13.5 Å². The van der Waals surface area contributed by atoms with Crippen LogP contribution in [0.15, 0.2) is 13.5 Å². The topological polar surface area (TPSA) is 162 Å². The van der Waals surface area contributed by atoms with Crippen molar-refractivity contribution >= 4 is 40.9 Å². The van der Waals surface area contributed by atoms with Crippen LogP contribution in [0.4, 0.5) is 0 Å². The minimum Gasteiger partial charge on any atom is -0.466 e. The molecule has 0 amide bonds. The van der Waals surface area contributed by atoms with Gasteiger partial charge in [0, 0.05) is 35.4 Å². The number of ether oxygens (including phenoxy) is 2. The summed E-state index contributed by atoms with van der Waals surface area (Å²) in [6, 6.07) is 0. The van der Waals surface area contributed by atoms with E-state index < -0.39 is 40.9 Å². The second kappa shape index (κ2) is 13.6. The Hall–Kier alpha value is -1.10. The van der Waals surface area contributed by atoms with E-state index in [1.165, 1.54) is 35.4 Å². The first-order chi connectivity index (χ1) is 15.1. The lowest BCUT2D eigenvalue weighted by Gasteiger charge is -2.30. The fraction of sp³-hybridized carbons (Fsp3) is 0.800. The summed E-state index contributed by atoms with van der Waals surface area (Å²) in [6.07, 6.45) is 0.189. The van der Waals surface area contributed by atoms with Crippen LogP contribution in [0.1, 0.15) is 33.1 Å². The molecule has 1 aliphatic rings. The van der Waals surface area contributed by atoms with Gasteiger partial charge in [0.2, 0.25) is 0 Å². The summed E-state index contributed by atoms with van der Waals surface area (Å²) >= 11 is 0. The van der Waals surface area contributed by atoms with Gasteiger partial charge in [-0.3, -0.25) is 14.4 Å². The molecule has 0 aromatic rings. The number of esters is 2. The van der Waals surface area contributed by atoms with Crippen LogP contribution in [0, 0.1) is 0 Å². The Morgan fingerprint density at radius 2 is 1.22 bits per heavy atom. The first kappa shape index (κ1) is 28.9. The summed E-state index contributed by atoms with van der Waals surface area (Å²) in [7, 11) is -5.52. The van der Waals surface area contributed by atoms with Crippen LogP contribution in [0.5, 0.6) is 0 Å². The SMILES string of the molecule is CCCOC(=O)CCC(=O)OP1(OC)=NP(OC)(OCCOC(C)=O)=NP(OC)(OC)=N1. The highest BCUT2D eigenvalue weighted by atomic mass is 31.3. The smallest absolute Gasteiger partial charge is 0.404 e. The summed E-state index contributed by atoms with van der Waals surface area (Å²) < 4.78 is 55.3. The minimum atomic E-state index is -3.72. The molecule has 14 nitrogen and oxygen atoms in total. The summed E-state index contributed by atoms with van der Waals surface area (Å²) in [6.45, 7) is 3.15. The van der Waals surface area contributed by atoms with E-state index in [4.69, 9.17) is 36.6 Å². The largest absolute Gasteiger partial charge is 0.466 e. The van der Waals surface area contributed by atoms with Gasteiger partial charge in [0.05, 0.1) is 26.1 Å². The number of nitrogens with zero attached hydrogens (tertiary/aromatic N) is 3. The molecule has 0 fully saturated rings. The fourth-order valence-corrected chi connectivity index (χ4v) is 10.9. The van der Waals surface area contributed by atoms with Crippen molar-refractivity contribution in [1.29, 1.82) is 0 Å². The Bertz CT molecular complexity index is 838. The van der Waals surface area contributed by atoms with Gasteiger partial charge in [0.25, 0.3) is 0 Å². The summed E-state index contributed by atoms with van der Waals surface area (Å²) in [5.41, 5.74) is 0. The number of carbonyl (C=O) groups is 3. The molecule has 17 heteroatoms. The van der Waals surface area contributed by atoms with E-state index in [1.54, 1.807) is 0 Å². The summed E-state index contributed by atoms with van der Waals surface area (Å²) in [5, 5.41) is 0. The molecule has 0 N–H and O–H groups in total. The van der Waals surface area contributed by atoms with Gasteiger partial charge in [0.15, 0.2) is 0 Å². The Kier molecular flexibility index (Phi) is 12.3. The highest BCUT2D eigenvalue weighted by Gasteiger charge is 2.43. The standard InChI is InChI=1S/C15H30N3O11P3/c1-7-10-27-14(20)8-9-15(21)29-32(25-6)17-30(22-3,23-4)16-31(18-32,24-5)28-12-11-26-13(2)19/h7-12H2,1-6H3. The molecule has 0 aliphatic carbocycles. The van der Waals surface area contributed by atoms with Crippen molar-refractivity contribution in [3.8, 4) is 0 Å². The molecule has 0 saturated heterocycles. The van der Waals surface area contributed by atoms with E-state index in [1.807, 2.05) is 6.92 Å². The van der Waals surface area contributed by atoms with Gasteiger partial charge in [-0.05, 0) is 6.42 Å². The molecule has 186 valence electrons. The van der Waals surface area contributed by atoms with Gasteiger partial charge in [0.1, 0.15) is 6.61 Å². The normalized spacial score (nSPS) is 23.8. The van der Waals surface area contributed by atoms with Gasteiger partial charge in [-0.25, -0.2) is 0 Å². The number of hydrogen-bond donors (Lipinski definition) is 0. The molecule has 0 spiro atoms. The lowest BCUT2D eigenvalue weighted by molar-refractivity contribution is -0.147. The third-order valence-corrected chi connectivity index (χ3v) is 11.8. The van der Waals surface area contributed by atoms with Crippen molar-refractivity contribution in [2.75, 3.05) is 48.3 Å². The third kappa shape index (κ3) is 8.68. The average molecular weight is 521 g/mol. The molecule has 2 atom stereocenters. The molecule has 1 aliphatic heterocycles. The first-order valence-corrected chi connectivity index (χ1v) is 14.0. The Morgan fingerprint density at radius 1 is 0.688 bits per heavy atom. The van der Waals surface area contributed by atoms with Crippen LogP contribution in [-0.4, -0.2) is 66.2 Å². The Morgan fingerprint density at radius 3 is 1.75 bits per heavy atom. The zero-order valence-electron chi connectivity index (χ0n) is 18.9. The highest BCUT2D eigenvalue weighted by Crippen LogP contribution is 2.79. The summed E-state index contributed by atoms with van der Waals surface area (Å²) in [4.78, 5) is 35.1. The van der Waals surface area contributed by atoms with E-state index >= 15 is 0 Å². The van der Waals surface area contributed by atoms with Crippen LogP contribution >= 0.6 is 23.0 Å². The zero-order chi connectivity index (χ0) is 24.3. The molecule has 0 bridgehead atoms. The second-order valence-corrected chi connectivity index (χ2v) is 12.8. The van der Waals surface area contributed by atoms with Crippen molar-refractivity contribution in [1.82, 2.24) is 0 Å². The predicted octanol–water partition coefficient (Wildman–Crippen LogP) is 4.28. The summed E-state index contributed by atoms with van der Waals surface area (Å²) in [5.74, 6) is -1.83. The van der Waals surface area contributed by atoms with Crippen molar-refractivity contribution < 1.29 is 51.0 Å². The van der Waals surface area contributed by atoms with Crippen molar-refractivity contribution in [3.63, 3.8) is 0 Å². The Labute approximate surface area is 187 Å². The molecule has 1 heterocycles. The fourth-order valence-electron chi connectivity index (χ4n) is 2.04. The van der Waals surface area contributed by atoms with Crippen molar-refractivity contribution in [3.05, 3.63) is 0 Å². The average Bonchev–Trinajstić information content (AvgIpc) is 2.78. The first-order valence-electron chi connectivity index (χ1n) is 9.43. The minimum absolute atomic E-state index is 0.0912. The maximum atomic E-state index is 12.4. The van der Waals surface area contributed by atoms with Gasteiger partial charge in [-0.2, -0.15) is 0 Å². The van der Waals surface area contributed by atoms with Gasteiger partial charge in [-0.1, -0.05) is 6.92 Å². The van der Waals surface area contributed by atoms with Gasteiger partial charge in [-0.15, -0.1) is 13.5 Å². The van der Waals surface area contributed by atoms with Gasteiger partial charge >= 0.3 is 40.9 Å². The molecular weight excluding hydrogens is 491 g/mol. The molecule has 1 rings (SSSR count). The van der Waals surface area contributed by atoms with E-state index in [-0.39, 0.29) is 32.7 Å².